The van der Waals surface area contributed by atoms with Crippen molar-refractivity contribution in [2.45, 2.75) is 45.8 Å². The van der Waals surface area contributed by atoms with Gasteiger partial charge in [0.25, 0.3) is 11.8 Å². The fourth-order valence-electron chi connectivity index (χ4n) is 4.55. The molecular formula is C22H28N5O4P. The third kappa shape index (κ3) is 3.64. The Morgan fingerprint density at radius 1 is 1.31 bits per heavy atom. The van der Waals surface area contributed by atoms with Crippen LogP contribution >= 0.6 is 9.24 Å². The number of hydrogen-bond donors (Lipinski definition) is 1. The van der Waals surface area contributed by atoms with E-state index in [1.54, 1.807) is 11.9 Å². The number of pyridine rings is 2. The summed E-state index contributed by atoms with van der Waals surface area (Å²) < 4.78 is 1.52. The molecule has 10 heteroatoms. The number of fused-ring (bicyclic) bond motifs is 3. The Balaban J connectivity index is 1.73. The van der Waals surface area contributed by atoms with Crippen LogP contribution in [0.1, 0.15) is 58.3 Å². The number of aromatic nitrogens is 2. The summed E-state index contributed by atoms with van der Waals surface area (Å²) >= 11 is 0. The molecule has 1 unspecified atom stereocenters. The molecule has 2 aromatic heterocycles. The summed E-state index contributed by atoms with van der Waals surface area (Å²) in [5, 5.41) is 12.7. The molecule has 2 aliphatic rings. The van der Waals surface area contributed by atoms with Crippen LogP contribution in [0.3, 0.4) is 0 Å². The summed E-state index contributed by atoms with van der Waals surface area (Å²) in [5.41, 5.74) is 1.39. The number of hydrogen-bond acceptors (Lipinski definition) is 6. The van der Waals surface area contributed by atoms with Gasteiger partial charge in [0.05, 0.1) is 5.44 Å². The minimum absolute atomic E-state index is 0.0784. The first-order chi connectivity index (χ1) is 15.2. The average molecular weight is 457 g/mol. The van der Waals surface area contributed by atoms with Gasteiger partial charge in [0.15, 0.2) is 11.4 Å². The predicted octanol–water partition coefficient (Wildman–Crippen LogP) is 0.954. The molecule has 0 bridgehead atoms. The number of carbonyl (C=O) groups is 2. The van der Waals surface area contributed by atoms with Crippen LogP contribution in [-0.2, 0) is 6.54 Å². The van der Waals surface area contributed by atoms with Gasteiger partial charge in [0.1, 0.15) is 11.7 Å². The van der Waals surface area contributed by atoms with Crippen molar-refractivity contribution in [1.29, 1.82) is 0 Å². The zero-order chi connectivity index (χ0) is 23.2. The van der Waals surface area contributed by atoms with Gasteiger partial charge >= 0.3 is 0 Å². The molecule has 0 radical (unpaired) electrons. The molecule has 2 aliphatic heterocycles. The van der Waals surface area contributed by atoms with Gasteiger partial charge in [-0.15, -0.1) is 0 Å². The number of aromatic hydroxyl groups is 1. The SMILES string of the molecule is CCN1C(=O)c2c(O)c(=O)c(C(=O)N(C)Cc3ccc(P)nc3C)cn2N2CCCC[C@@H]12. The van der Waals surface area contributed by atoms with Crippen molar-refractivity contribution in [1.82, 2.24) is 19.5 Å². The van der Waals surface area contributed by atoms with E-state index < -0.39 is 23.0 Å². The summed E-state index contributed by atoms with van der Waals surface area (Å²) in [7, 11) is 4.13. The summed E-state index contributed by atoms with van der Waals surface area (Å²) in [6.07, 6.45) is 3.97. The molecule has 4 rings (SSSR count). The first kappa shape index (κ1) is 22.3. The molecule has 2 amide bonds. The molecule has 0 aromatic carbocycles. The molecule has 0 spiro atoms. The maximum atomic E-state index is 13.2. The second-order valence-corrected chi connectivity index (χ2v) is 8.88. The summed E-state index contributed by atoms with van der Waals surface area (Å²) in [6.45, 7) is 5.14. The highest BCUT2D eigenvalue weighted by Gasteiger charge is 2.41. The molecule has 0 aliphatic carbocycles. The van der Waals surface area contributed by atoms with Crippen LogP contribution < -0.4 is 15.9 Å². The topological polar surface area (TPSA) is 99.0 Å². The fourth-order valence-corrected chi connectivity index (χ4v) is 4.84. The van der Waals surface area contributed by atoms with Crippen molar-refractivity contribution in [2.24, 2.45) is 0 Å². The van der Waals surface area contributed by atoms with Crippen LogP contribution in [0, 0.1) is 6.92 Å². The van der Waals surface area contributed by atoms with Gasteiger partial charge in [-0.1, -0.05) is 15.3 Å². The standard InChI is InChI=1S/C22H28N5O4P/c1-4-25-17-7-5-6-10-26(17)27-12-15(19(28)20(29)18(27)22(25)31)21(30)24(3)11-14-8-9-16(32)23-13(14)2/h8-9,12,17,29H,4-7,10-11,32H2,1-3H3/t17-/m0/s1. The summed E-state index contributed by atoms with van der Waals surface area (Å²) in [6, 6.07) is 3.73. The number of carbonyl (C=O) groups excluding carboxylic acids is 2. The largest absolute Gasteiger partial charge is 0.502 e. The molecule has 4 heterocycles. The van der Waals surface area contributed by atoms with Gasteiger partial charge in [-0.05, 0) is 44.7 Å². The molecule has 1 fully saturated rings. The third-order valence-corrected chi connectivity index (χ3v) is 6.57. The minimum Gasteiger partial charge on any atom is -0.502 e. The Morgan fingerprint density at radius 3 is 2.75 bits per heavy atom. The third-order valence-electron chi connectivity index (χ3n) is 6.25. The second-order valence-electron chi connectivity index (χ2n) is 8.29. The number of amides is 2. The van der Waals surface area contributed by atoms with E-state index in [4.69, 9.17) is 0 Å². The molecule has 0 saturated carbocycles. The van der Waals surface area contributed by atoms with E-state index in [-0.39, 0.29) is 24.0 Å². The van der Waals surface area contributed by atoms with Gasteiger partial charge < -0.3 is 14.9 Å². The smallest absolute Gasteiger partial charge is 0.278 e. The highest BCUT2D eigenvalue weighted by molar-refractivity contribution is 7.26. The highest BCUT2D eigenvalue weighted by atomic mass is 31.0. The molecule has 32 heavy (non-hydrogen) atoms. The molecule has 2 atom stereocenters. The van der Waals surface area contributed by atoms with E-state index in [0.29, 0.717) is 13.1 Å². The molecule has 170 valence electrons. The lowest BCUT2D eigenvalue weighted by Gasteiger charge is -2.48. The maximum absolute atomic E-state index is 13.2. The molecule has 1 N–H and O–H groups in total. The second kappa shape index (κ2) is 8.54. The van der Waals surface area contributed by atoms with E-state index in [2.05, 4.69) is 14.2 Å². The zero-order valence-electron chi connectivity index (χ0n) is 18.5. The Kier molecular flexibility index (Phi) is 5.95. The lowest BCUT2D eigenvalue weighted by atomic mass is 10.0. The van der Waals surface area contributed by atoms with Crippen molar-refractivity contribution in [2.75, 3.05) is 25.1 Å². The van der Waals surface area contributed by atoms with E-state index in [9.17, 15) is 19.5 Å². The van der Waals surface area contributed by atoms with Crippen molar-refractivity contribution < 1.29 is 14.7 Å². The number of rotatable bonds is 4. The van der Waals surface area contributed by atoms with Gasteiger partial charge in [-0.2, -0.15) is 0 Å². The van der Waals surface area contributed by atoms with Gasteiger partial charge in [-0.25, -0.2) is 0 Å². The number of nitrogens with zero attached hydrogens (tertiary/aromatic N) is 5. The van der Waals surface area contributed by atoms with Crippen molar-refractivity contribution >= 4 is 26.5 Å². The first-order valence-corrected chi connectivity index (χ1v) is 11.4. The zero-order valence-corrected chi connectivity index (χ0v) is 19.7. The Hall–Kier alpha value is -2.93. The quantitative estimate of drug-likeness (QED) is 0.687. The van der Waals surface area contributed by atoms with Crippen LogP contribution in [0.4, 0.5) is 0 Å². The fraction of sp³-hybridized carbons (Fsp3) is 0.455. The van der Waals surface area contributed by atoms with Gasteiger partial charge in [-0.3, -0.25) is 29.1 Å². The lowest BCUT2D eigenvalue weighted by Crippen LogP contribution is -2.63. The molecule has 9 nitrogen and oxygen atoms in total. The van der Waals surface area contributed by atoms with Crippen molar-refractivity contribution in [3.05, 3.63) is 51.1 Å². The first-order valence-electron chi connectivity index (χ1n) is 10.8. The van der Waals surface area contributed by atoms with Crippen molar-refractivity contribution in [3.63, 3.8) is 0 Å². The minimum atomic E-state index is -0.830. The average Bonchev–Trinajstić information content (AvgIpc) is 2.77. The van der Waals surface area contributed by atoms with E-state index >= 15 is 0 Å². The van der Waals surface area contributed by atoms with Gasteiger partial charge in [0.2, 0.25) is 5.43 Å². The number of aryl methyl sites for hydroxylation is 1. The van der Waals surface area contributed by atoms with Crippen LogP contribution in [0.25, 0.3) is 0 Å². The van der Waals surface area contributed by atoms with Gasteiger partial charge in [0, 0.05) is 38.6 Å². The maximum Gasteiger partial charge on any atom is 0.278 e. The van der Waals surface area contributed by atoms with Crippen LogP contribution in [0.2, 0.25) is 0 Å². The Bertz CT molecular complexity index is 1150. The predicted molar refractivity (Wildman–Crippen MR) is 124 cm³/mol. The molecular weight excluding hydrogens is 429 g/mol. The summed E-state index contributed by atoms with van der Waals surface area (Å²) in [5.74, 6) is -1.59. The normalized spacial score (nSPS) is 17.8. The highest BCUT2D eigenvalue weighted by Crippen LogP contribution is 2.29. The molecule has 1 saturated heterocycles. The van der Waals surface area contributed by atoms with Crippen LogP contribution in [-0.4, -0.2) is 62.7 Å². The Labute approximate surface area is 188 Å². The molecule has 2 aromatic rings. The lowest BCUT2D eigenvalue weighted by molar-refractivity contribution is 0.0533. The summed E-state index contributed by atoms with van der Waals surface area (Å²) in [4.78, 5) is 46.7. The van der Waals surface area contributed by atoms with E-state index in [1.165, 1.54) is 15.8 Å². The van der Waals surface area contributed by atoms with E-state index in [1.807, 2.05) is 31.0 Å². The van der Waals surface area contributed by atoms with Crippen LogP contribution in [0.15, 0.2) is 23.1 Å². The van der Waals surface area contributed by atoms with E-state index in [0.717, 1.165) is 36.0 Å². The van der Waals surface area contributed by atoms with Crippen molar-refractivity contribution in [3.8, 4) is 5.75 Å². The Morgan fingerprint density at radius 2 is 2.06 bits per heavy atom. The monoisotopic (exact) mass is 457 g/mol. The number of piperidine rings is 1. The van der Waals surface area contributed by atoms with Crippen LogP contribution in [0.5, 0.6) is 5.75 Å².